The topological polar surface area (TPSA) is 80.9 Å². The third-order valence-corrected chi connectivity index (χ3v) is 7.46. The zero-order valence-electron chi connectivity index (χ0n) is 19.4. The van der Waals surface area contributed by atoms with Crippen LogP contribution >= 0.6 is 0 Å². The standard InChI is InChI=1S/C25H31N7O/c1-3-4-19-16(5-8-23(28-19)32-11-17-9-18(17)12-32)10-31-13-21(26-15-31)25(33)29-20-6-7-22-24(20)27-14-30(22)2/h5,8,13-15,17-18,20H,3-4,6-7,9-12H2,1-2H3,(H,29,33)/t17?,18?,20-/m1/s1. The highest BCUT2D eigenvalue weighted by Gasteiger charge is 2.45. The fraction of sp³-hybridized carbons (Fsp3) is 0.520. The van der Waals surface area contributed by atoms with Crippen LogP contribution in [-0.4, -0.2) is 43.1 Å². The fourth-order valence-electron chi connectivity index (χ4n) is 5.50. The Kier molecular flexibility index (Phi) is 4.96. The van der Waals surface area contributed by atoms with Crippen molar-refractivity contribution in [2.75, 3.05) is 18.0 Å². The maximum Gasteiger partial charge on any atom is 0.272 e. The summed E-state index contributed by atoms with van der Waals surface area (Å²) in [5.41, 5.74) is 4.98. The van der Waals surface area contributed by atoms with Crippen LogP contribution in [0.4, 0.5) is 5.82 Å². The van der Waals surface area contributed by atoms with Gasteiger partial charge in [0.1, 0.15) is 11.5 Å². The molecule has 6 rings (SSSR count). The van der Waals surface area contributed by atoms with Crippen molar-refractivity contribution >= 4 is 11.7 Å². The predicted octanol–water partition coefficient (Wildman–Crippen LogP) is 2.89. The molecule has 3 atom stereocenters. The largest absolute Gasteiger partial charge is 0.356 e. The lowest BCUT2D eigenvalue weighted by Crippen LogP contribution is -2.27. The van der Waals surface area contributed by atoms with Crippen LogP contribution < -0.4 is 10.2 Å². The second-order valence-electron chi connectivity index (χ2n) is 9.87. The number of hydrogen-bond acceptors (Lipinski definition) is 5. The van der Waals surface area contributed by atoms with Gasteiger partial charge in [-0.2, -0.15) is 0 Å². The zero-order valence-corrected chi connectivity index (χ0v) is 19.4. The number of amides is 1. The van der Waals surface area contributed by atoms with Gasteiger partial charge in [0.05, 0.1) is 30.9 Å². The van der Waals surface area contributed by atoms with Gasteiger partial charge in [-0.3, -0.25) is 4.79 Å². The number of nitrogens with one attached hydrogen (secondary N) is 1. The highest BCUT2D eigenvalue weighted by atomic mass is 16.2. The molecule has 2 unspecified atom stereocenters. The van der Waals surface area contributed by atoms with E-state index < -0.39 is 0 Å². The van der Waals surface area contributed by atoms with E-state index in [2.05, 4.69) is 39.2 Å². The summed E-state index contributed by atoms with van der Waals surface area (Å²) in [4.78, 5) is 29.2. The summed E-state index contributed by atoms with van der Waals surface area (Å²) in [5, 5.41) is 3.11. The maximum atomic E-state index is 12.8. The van der Waals surface area contributed by atoms with E-state index in [9.17, 15) is 4.79 Å². The molecule has 3 aliphatic rings. The van der Waals surface area contributed by atoms with Crippen molar-refractivity contribution in [3.63, 3.8) is 0 Å². The lowest BCUT2D eigenvalue weighted by molar-refractivity contribution is 0.0931. The van der Waals surface area contributed by atoms with Crippen LogP contribution in [0.3, 0.4) is 0 Å². The van der Waals surface area contributed by atoms with Gasteiger partial charge in [0, 0.05) is 37.7 Å². The average Bonchev–Trinajstić information content (AvgIpc) is 3.28. The molecule has 3 aromatic heterocycles. The van der Waals surface area contributed by atoms with E-state index in [1.165, 1.54) is 17.7 Å². The molecule has 2 fully saturated rings. The summed E-state index contributed by atoms with van der Waals surface area (Å²) in [6.45, 7) is 5.17. The summed E-state index contributed by atoms with van der Waals surface area (Å²) in [6.07, 6.45) is 10.6. The molecule has 0 radical (unpaired) electrons. The number of carbonyl (C=O) groups excluding carboxylic acids is 1. The molecule has 1 saturated heterocycles. The molecule has 8 nitrogen and oxygen atoms in total. The molecule has 2 aliphatic carbocycles. The van der Waals surface area contributed by atoms with Crippen LogP contribution in [-0.2, 0) is 26.4 Å². The van der Waals surface area contributed by atoms with Crippen molar-refractivity contribution in [1.29, 1.82) is 0 Å². The molecule has 1 saturated carbocycles. The monoisotopic (exact) mass is 445 g/mol. The number of fused-ring (bicyclic) bond motifs is 2. The van der Waals surface area contributed by atoms with Gasteiger partial charge in [-0.05, 0) is 49.1 Å². The first kappa shape index (κ1) is 20.4. The quantitative estimate of drug-likeness (QED) is 0.605. The lowest BCUT2D eigenvalue weighted by atomic mass is 10.1. The molecular weight excluding hydrogens is 414 g/mol. The summed E-state index contributed by atoms with van der Waals surface area (Å²) in [5.74, 6) is 2.76. The number of piperidine rings is 1. The van der Waals surface area contributed by atoms with Gasteiger partial charge in [-0.15, -0.1) is 0 Å². The molecule has 0 aromatic carbocycles. The van der Waals surface area contributed by atoms with E-state index in [1.54, 1.807) is 6.33 Å². The van der Waals surface area contributed by atoms with Crippen molar-refractivity contribution in [3.05, 3.63) is 59.3 Å². The highest BCUT2D eigenvalue weighted by molar-refractivity contribution is 5.92. The van der Waals surface area contributed by atoms with Crippen molar-refractivity contribution in [3.8, 4) is 0 Å². The minimum absolute atomic E-state index is 0.0385. The summed E-state index contributed by atoms with van der Waals surface area (Å²) >= 11 is 0. The molecule has 0 spiro atoms. The summed E-state index contributed by atoms with van der Waals surface area (Å²) in [7, 11) is 2.00. The second-order valence-corrected chi connectivity index (χ2v) is 9.87. The molecule has 1 N–H and O–H groups in total. The minimum Gasteiger partial charge on any atom is -0.356 e. The molecule has 1 aliphatic heterocycles. The SMILES string of the molecule is CCCc1nc(N2CC3CC3C2)ccc1Cn1cnc(C(=O)N[C@@H]2CCc3c2ncn3C)c1. The average molecular weight is 446 g/mol. The fourth-order valence-corrected chi connectivity index (χ4v) is 5.50. The van der Waals surface area contributed by atoms with Crippen LogP contribution in [0.1, 0.15) is 65.4 Å². The van der Waals surface area contributed by atoms with Gasteiger partial charge >= 0.3 is 0 Å². The Hall–Kier alpha value is -3.16. The number of pyridine rings is 1. The van der Waals surface area contributed by atoms with E-state index in [4.69, 9.17) is 4.98 Å². The van der Waals surface area contributed by atoms with Gasteiger partial charge in [0.25, 0.3) is 5.91 Å². The van der Waals surface area contributed by atoms with Gasteiger partial charge in [0.2, 0.25) is 0 Å². The third-order valence-electron chi connectivity index (χ3n) is 7.46. The lowest BCUT2D eigenvalue weighted by Gasteiger charge is -2.21. The van der Waals surface area contributed by atoms with Crippen LogP contribution in [0.2, 0.25) is 0 Å². The molecule has 1 amide bonds. The number of aryl methyl sites for hydroxylation is 2. The van der Waals surface area contributed by atoms with Gasteiger partial charge in [0.15, 0.2) is 0 Å². The Morgan fingerprint density at radius 2 is 2.03 bits per heavy atom. The van der Waals surface area contributed by atoms with Crippen LogP contribution in [0.15, 0.2) is 31.0 Å². The first-order valence-corrected chi connectivity index (χ1v) is 12.2. The number of rotatable bonds is 7. The molecule has 33 heavy (non-hydrogen) atoms. The smallest absolute Gasteiger partial charge is 0.272 e. The number of hydrogen-bond donors (Lipinski definition) is 1. The Bertz CT molecular complexity index is 1190. The molecule has 4 heterocycles. The Balaban J connectivity index is 1.14. The van der Waals surface area contributed by atoms with E-state index >= 15 is 0 Å². The number of nitrogens with zero attached hydrogens (tertiary/aromatic N) is 6. The maximum absolute atomic E-state index is 12.8. The van der Waals surface area contributed by atoms with Crippen LogP contribution in [0.5, 0.6) is 0 Å². The van der Waals surface area contributed by atoms with E-state index in [1.807, 2.05) is 28.7 Å². The summed E-state index contributed by atoms with van der Waals surface area (Å²) in [6, 6.07) is 4.33. The zero-order chi connectivity index (χ0) is 22.5. The first-order chi connectivity index (χ1) is 16.1. The van der Waals surface area contributed by atoms with Crippen molar-refractivity contribution in [2.45, 2.75) is 51.6 Å². The molecule has 172 valence electrons. The number of imidazole rings is 2. The van der Waals surface area contributed by atoms with Crippen LogP contribution in [0, 0.1) is 11.8 Å². The van der Waals surface area contributed by atoms with Crippen molar-refractivity contribution in [2.24, 2.45) is 18.9 Å². The van der Waals surface area contributed by atoms with E-state index in [0.29, 0.717) is 12.2 Å². The Morgan fingerprint density at radius 1 is 1.18 bits per heavy atom. The molecular formula is C25H31N7O. The third kappa shape index (κ3) is 3.81. The molecule has 0 bridgehead atoms. The van der Waals surface area contributed by atoms with Crippen LogP contribution in [0.25, 0.3) is 0 Å². The Morgan fingerprint density at radius 3 is 2.85 bits per heavy atom. The van der Waals surface area contributed by atoms with Crippen molar-refractivity contribution in [1.82, 2.24) is 29.4 Å². The molecule has 8 heteroatoms. The number of carbonyl (C=O) groups is 1. The normalized spacial score (nSPS) is 23.0. The van der Waals surface area contributed by atoms with Gasteiger partial charge < -0.3 is 19.4 Å². The number of aromatic nitrogens is 5. The van der Waals surface area contributed by atoms with E-state index in [-0.39, 0.29) is 11.9 Å². The van der Waals surface area contributed by atoms with Gasteiger partial charge in [-0.25, -0.2) is 15.0 Å². The molecule has 3 aromatic rings. The number of anilines is 1. The predicted molar refractivity (Wildman–Crippen MR) is 125 cm³/mol. The van der Waals surface area contributed by atoms with Gasteiger partial charge in [-0.1, -0.05) is 19.4 Å². The second kappa shape index (κ2) is 8.01. The van der Waals surface area contributed by atoms with E-state index in [0.717, 1.165) is 67.8 Å². The summed E-state index contributed by atoms with van der Waals surface area (Å²) < 4.78 is 4.02. The first-order valence-electron chi connectivity index (χ1n) is 12.2. The Labute approximate surface area is 194 Å². The van der Waals surface area contributed by atoms with Crippen molar-refractivity contribution < 1.29 is 4.79 Å². The highest BCUT2D eigenvalue weighted by Crippen LogP contribution is 2.46. The minimum atomic E-state index is -0.146.